The van der Waals surface area contributed by atoms with E-state index in [0.29, 0.717) is 18.6 Å². The predicted molar refractivity (Wildman–Crippen MR) is 83.7 cm³/mol. The van der Waals surface area contributed by atoms with Crippen molar-refractivity contribution in [2.75, 3.05) is 13.2 Å². The monoisotopic (exact) mass is 279 g/mol. The number of fused-ring (bicyclic) bond motifs is 1. The molecule has 1 aliphatic carbocycles. The van der Waals surface area contributed by atoms with E-state index in [1.165, 1.54) is 17.5 Å². The highest BCUT2D eigenvalue weighted by molar-refractivity contribution is 5.30. The van der Waals surface area contributed by atoms with Gasteiger partial charge in [0.25, 0.3) is 0 Å². The van der Waals surface area contributed by atoms with Crippen LogP contribution in [0.15, 0.2) is 60.7 Å². The maximum Gasteiger partial charge on any atom is 0.0509 e. The third kappa shape index (κ3) is 2.10. The van der Waals surface area contributed by atoms with Crippen LogP contribution in [0.25, 0.3) is 0 Å². The molecule has 1 saturated heterocycles. The second-order valence-corrected chi connectivity index (χ2v) is 6.52. The molecule has 1 saturated carbocycles. The Kier molecular flexibility index (Phi) is 3.09. The maximum absolute atomic E-state index is 9.96. The van der Waals surface area contributed by atoms with Crippen LogP contribution >= 0.6 is 0 Å². The van der Waals surface area contributed by atoms with Crippen LogP contribution in [0.4, 0.5) is 0 Å². The number of aliphatic hydroxyl groups is 1. The molecule has 2 aliphatic rings. The number of likely N-dealkylation sites (tertiary alicyclic amines) is 1. The second kappa shape index (κ2) is 4.97. The molecule has 108 valence electrons. The lowest BCUT2D eigenvalue weighted by Crippen LogP contribution is -2.30. The van der Waals surface area contributed by atoms with Crippen LogP contribution in [-0.2, 0) is 6.54 Å². The van der Waals surface area contributed by atoms with Gasteiger partial charge in [-0.25, -0.2) is 0 Å². The van der Waals surface area contributed by atoms with Crippen molar-refractivity contribution in [3.63, 3.8) is 0 Å². The molecule has 3 atom stereocenters. The molecule has 0 bridgehead atoms. The first-order valence-corrected chi connectivity index (χ1v) is 7.77. The number of hydrogen-bond acceptors (Lipinski definition) is 2. The molecule has 21 heavy (non-hydrogen) atoms. The van der Waals surface area contributed by atoms with Gasteiger partial charge in [0.15, 0.2) is 0 Å². The molecule has 0 radical (unpaired) electrons. The van der Waals surface area contributed by atoms with Gasteiger partial charge in [-0.15, -0.1) is 0 Å². The maximum atomic E-state index is 9.96. The zero-order valence-corrected chi connectivity index (χ0v) is 12.2. The van der Waals surface area contributed by atoms with Gasteiger partial charge in [-0.05, 0) is 23.5 Å². The fourth-order valence-corrected chi connectivity index (χ4v) is 4.17. The van der Waals surface area contributed by atoms with Crippen molar-refractivity contribution in [1.29, 1.82) is 0 Å². The molecular weight excluding hydrogens is 258 g/mol. The van der Waals surface area contributed by atoms with Crippen LogP contribution < -0.4 is 0 Å². The first kappa shape index (κ1) is 13.1. The molecule has 4 rings (SSSR count). The third-order valence-corrected chi connectivity index (χ3v) is 5.28. The number of aliphatic hydroxyl groups excluding tert-OH is 1. The highest BCUT2D eigenvalue weighted by Crippen LogP contribution is 2.67. The molecule has 2 fully saturated rings. The van der Waals surface area contributed by atoms with Gasteiger partial charge in [-0.3, -0.25) is 4.90 Å². The summed E-state index contributed by atoms with van der Waals surface area (Å²) in [5.41, 5.74) is 2.81. The molecule has 0 aromatic heterocycles. The quantitative estimate of drug-likeness (QED) is 0.928. The van der Waals surface area contributed by atoms with E-state index in [0.717, 1.165) is 13.1 Å². The van der Waals surface area contributed by atoms with Crippen molar-refractivity contribution in [3.05, 3.63) is 71.8 Å². The van der Waals surface area contributed by atoms with E-state index < -0.39 is 0 Å². The third-order valence-electron chi connectivity index (χ3n) is 5.28. The van der Waals surface area contributed by atoms with E-state index >= 15 is 0 Å². The summed E-state index contributed by atoms with van der Waals surface area (Å²) in [5, 5.41) is 9.96. The number of rotatable bonds is 4. The summed E-state index contributed by atoms with van der Waals surface area (Å²) in [6, 6.07) is 21.7. The van der Waals surface area contributed by atoms with E-state index in [2.05, 4.69) is 65.6 Å². The smallest absolute Gasteiger partial charge is 0.0509 e. The SMILES string of the molecule is OCC12CC1CN(Cc1ccccc1)C2c1ccccc1. The lowest BCUT2D eigenvalue weighted by atomic mass is 9.90. The van der Waals surface area contributed by atoms with Gasteiger partial charge in [0.1, 0.15) is 0 Å². The molecule has 2 aromatic rings. The Morgan fingerprint density at radius 1 is 1.00 bits per heavy atom. The van der Waals surface area contributed by atoms with Crippen LogP contribution in [-0.4, -0.2) is 23.2 Å². The highest BCUT2D eigenvalue weighted by atomic mass is 16.3. The molecule has 1 aliphatic heterocycles. The molecule has 0 amide bonds. The fraction of sp³-hybridized carbons (Fsp3) is 0.368. The van der Waals surface area contributed by atoms with Crippen LogP contribution in [0.3, 0.4) is 0 Å². The number of piperidine rings is 1. The summed E-state index contributed by atoms with van der Waals surface area (Å²) in [6.45, 7) is 2.39. The van der Waals surface area contributed by atoms with Gasteiger partial charge in [0.05, 0.1) is 6.61 Å². The largest absolute Gasteiger partial charge is 0.396 e. The minimum atomic E-state index is 0.107. The highest BCUT2D eigenvalue weighted by Gasteiger charge is 2.65. The van der Waals surface area contributed by atoms with Gasteiger partial charge >= 0.3 is 0 Å². The molecule has 0 spiro atoms. The molecular formula is C19H21NO. The Morgan fingerprint density at radius 2 is 1.67 bits per heavy atom. The Hall–Kier alpha value is -1.64. The normalized spacial score (nSPS) is 31.1. The van der Waals surface area contributed by atoms with Gasteiger partial charge in [-0.1, -0.05) is 60.7 Å². The van der Waals surface area contributed by atoms with Crippen molar-refractivity contribution in [1.82, 2.24) is 4.90 Å². The van der Waals surface area contributed by atoms with Crippen molar-refractivity contribution in [3.8, 4) is 0 Å². The zero-order chi connectivity index (χ0) is 14.3. The van der Waals surface area contributed by atoms with Gasteiger partial charge in [-0.2, -0.15) is 0 Å². The molecule has 1 heterocycles. The van der Waals surface area contributed by atoms with Crippen molar-refractivity contribution >= 4 is 0 Å². The van der Waals surface area contributed by atoms with Gasteiger partial charge < -0.3 is 5.11 Å². The Balaban J connectivity index is 1.65. The Labute approximate surface area is 126 Å². The lowest BCUT2D eigenvalue weighted by molar-refractivity contribution is 0.120. The Bertz CT molecular complexity index is 608. The van der Waals surface area contributed by atoms with Gasteiger partial charge in [0.2, 0.25) is 0 Å². The van der Waals surface area contributed by atoms with Crippen LogP contribution in [0.1, 0.15) is 23.6 Å². The molecule has 3 unspecified atom stereocenters. The average Bonchev–Trinajstić information content (AvgIpc) is 3.15. The average molecular weight is 279 g/mol. The van der Waals surface area contributed by atoms with Crippen molar-refractivity contribution < 1.29 is 5.11 Å². The topological polar surface area (TPSA) is 23.5 Å². The van der Waals surface area contributed by atoms with Crippen LogP contribution in [0.2, 0.25) is 0 Å². The summed E-state index contributed by atoms with van der Waals surface area (Å²) in [4.78, 5) is 2.55. The fourth-order valence-electron chi connectivity index (χ4n) is 4.17. The van der Waals surface area contributed by atoms with E-state index in [1.54, 1.807) is 0 Å². The molecule has 1 N–H and O–H groups in total. The van der Waals surface area contributed by atoms with Gasteiger partial charge in [0, 0.05) is 24.5 Å². The zero-order valence-electron chi connectivity index (χ0n) is 12.2. The summed E-state index contributed by atoms with van der Waals surface area (Å²) in [7, 11) is 0. The number of hydrogen-bond donors (Lipinski definition) is 1. The minimum Gasteiger partial charge on any atom is -0.396 e. The minimum absolute atomic E-state index is 0.107. The second-order valence-electron chi connectivity index (χ2n) is 6.52. The van der Waals surface area contributed by atoms with Crippen LogP contribution in [0, 0.1) is 11.3 Å². The summed E-state index contributed by atoms with van der Waals surface area (Å²) >= 11 is 0. The van der Waals surface area contributed by atoms with Crippen molar-refractivity contribution in [2.24, 2.45) is 11.3 Å². The Morgan fingerprint density at radius 3 is 2.33 bits per heavy atom. The lowest BCUT2D eigenvalue weighted by Gasteiger charge is -2.32. The standard InChI is InChI=1S/C19H21NO/c21-14-19-11-17(19)13-20(12-15-7-3-1-4-8-15)18(19)16-9-5-2-6-10-16/h1-10,17-18,21H,11-14H2. The summed E-state index contributed by atoms with van der Waals surface area (Å²) in [5.74, 6) is 0.663. The van der Waals surface area contributed by atoms with Crippen LogP contribution in [0.5, 0.6) is 0 Å². The van der Waals surface area contributed by atoms with Crippen molar-refractivity contribution in [2.45, 2.75) is 19.0 Å². The van der Waals surface area contributed by atoms with E-state index in [9.17, 15) is 5.11 Å². The molecule has 2 heteroatoms. The van der Waals surface area contributed by atoms with E-state index in [1.807, 2.05) is 0 Å². The number of benzene rings is 2. The first-order valence-electron chi connectivity index (χ1n) is 7.77. The first-order chi connectivity index (χ1) is 10.3. The summed E-state index contributed by atoms with van der Waals surface area (Å²) in [6.07, 6.45) is 1.17. The van der Waals surface area contributed by atoms with E-state index in [4.69, 9.17) is 0 Å². The molecule has 2 nitrogen and oxygen atoms in total. The number of nitrogens with zero attached hydrogens (tertiary/aromatic N) is 1. The van der Waals surface area contributed by atoms with E-state index in [-0.39, 0.29) is 5.41 Å². The summed E-state index contributed by atoms with van der Waals surface area (Å²) < 4.78 is 0. The predicted octanol–water partition coefficient (Wildman–Crippen LogP) is 3.24. The molecule has 2 aromatic carbocycles.